The molecule has 2 heterocycles. The van der Waals surface area contributed by atoms with E-state index in [4.69, 9.17) is 9.47 Å². The molecular weight excluding hydrogens is 519 g/mol. The van der Waals surface area contributed by atoms with Crippen LogP contribution in [0, 0.1) is 11.2 Å². The van der Waals surface area contributed by atoms with E-state index in [2.05, 4.69) is 9.97 Å². The quantitative estimate of drug-likeness (QED) is 0.177. The van der Waals surface area contributed by atoms with Crippen molar-refractivity contribution < 1.29 is 23.5 Å². The molecule has 2 aromatic heterocycles. The zero-order valence-electron chi connectivity index (χ0n) is 22.5. The molecule has 1 aliphatic carbocycles. The number of nitrogens with zero attached hydrogens (tertiary/aromatic N) is 2. The number of halogens is 1. The van der Waals surface area contributed by atoms with Crippen molar-refractivity contribution in [2.45, 2.75) is 25.7 Å². The Bertz CT molecular complexity index is 1730. The van der Waals surface area contributed by atoms with Crippen LogP contribution in [0.15, 0.2) is 97.5 Å². The lowest BCUT2D eigenvalue weighted by molar-refractivity contribution is -0.133. The minimum Gasteiger partial charge on any atom is -0.496 e. The number of carbonyl (C=O) groups is 2. The highest BCUT2D eigenvalue weighted by molar-refractivity contribution is 6.11. The van der Waals surface area contributed by atoms with Gasteiger partial charge in [-0.05, 0) is 78.1 Å². The third kappa shape index (κ3) is 5.43. The van der Waals surface area contributed by atoms with Crippen molar-refractivity contribution in [1.29, 1.82) is 0 Å². The summed E-state index contributed by atoms with van der Waals surface area (Å²) in [7, 11) is 1.63. The van der Waals surface area contributed by atoms with Gasteiger partial charge in [0.2, 0.25) is 0 Å². The van der Waals surface area contributed by atoms with Crippen molar-refractivity contribution >= 4 is 22.5 Å². The van der Waals surface area contributed by atoms with Gasteiger partial charge in [0.15, 0.2) is 11.6 Å². The number of Topliss-reactive ketones (excluding diaryl/α,β-unsaturated/α-hetero) is 2. The van der Waals surface area contributed by atoms with E-state index in [1.165, 1.54) is 12.1 Å². The van der Waals surface area contributed by atoms with Gasteiger partial charge in [0.05, 0.1) is 18.0 Å². The number of hydrogen-bond acceptors (Lipinski definition) is 6. The van der Waals surface area contributed by atoms with Crippen molar-refractivity contribution in [2.24, 2.45) is 5.41 Å². The fourth-order valence-electron chi connectivity index (χ4n) is 5.12. The number of methoxy groups -OCH3 is 1. The van der Waals surface area contributed by atoms with Crippen LogP contribution < -0.4 is 9.47 Å². The molecule has 0 radical (unpaired) electrons. The highest BCUT2D eigenvalue weighted by atomic mass is 19.1. The first-order valence-corrected chi connectivity index (χ1v) is 13.4. The summed E-state index contributed by atoms with van der Waals surface area (Å²) >= 11 is 0. The van der Waals surface area contributed by atoms with Crippen LogP contribution in [0.3, 0.4) is 0 Å². The summed E-state index contributed by atoms with van der Waals surface area (Å²) in [5.41, 5.74) is 3.20. The molecule has 1 saturated carbocycles. The van der Waals surface area contributed by atoms with Crippen LogP contribution in [0.5, 0.6) is 17.2 Å². The number of ketones is 2. The number of fused-ring (bicyclic) bond motifs is 1. The van der Waals surface area contributed by atoms with Gasteiger partial charge in [-0.2, -0.15) is 0 Å². The molecule has 41 heavy (non-hydrogen) atoms. The number of benzene rings is 3. The average molecular weight is 547 g/mol. The number of aromatic nitrogens is 2. The Labute approximate surface area is 236 Å². The highest BCUT2D eigenvalue weighted by Gasteiger charge is 2.54. The van der Waals surface area contributed by atoms with Crippen LogP contribution in [0.1, 0.15) is 24.0 Å². The molecule has 6 rings (SSSR count). The third-order valence-corrected chi connectivity index (χ3v) is 7.63. The summed E-state index contributed by atoms with van der Waals surface area (Å²) in [6, 6.07) is 22.7. The normalized spacial score (nSPS) is 13.5. The Morgan fingerprint density at radius 1 is 0.805 bits per heavy atom. The SMILES string of the molecule is COc1cc2nccc(Oc3ccc(CC(=O)C4(C(=O)Cc5ccc(F)cc5)CC4)cc3)c2cc1-c1ccncc1. The van der Waals surface area contributed by atoms with E-state index in [1.54, 1.807) is 37.8 Å². The van der Waals surface area contributed by atoms with Crippen LogP contribution in [0.2, 0.25) is 0 Å². The third-order valence-electron chi connectivity index (χ3n) is 7.63. The predicted molar refractivity (Wildman–Crippen MR) is 154 cm³/mol. The van der Waals surface area contributed by atoms with Gasteiger partial charge in [-0.1, -0.05) is 24.3 Å². The second-order valence-corrected chi connectivity index (χ2v) is 10.3. The van der Waals surface area contributed by atoms with E-state index in [9.17, 15) is 14.0 Å². The van der Waals surface area contributed by atoms with Crippen molar-refractivity contribution in [1.82, 2.24) is 9.97 Å². The Balaban J connectivity index is 1.17. The summed E-state index contributed by atoms with van der Waals surface area (Å²) in [6.45, 7) is 0. The molecule has 0 amide bonds. The molecule has 1 fully saturated rings. The first-order valence-electron chi connectivity index (χ1n) is 13.4. The van der Waals surface area contributed by atoms with Gasteiger partial charge in [0.25, 0.3) is 0 Å². The van der Waals surface area contributed by atoms with Crippen molar-refractivity contribution in [3.63, 3.8) is 0 Å². The van der Waals surface area contributed by atoms with Gasteiger partial charge < -0.3 is 9.47 Å². The van der Waals surface area contributed by atoms with Crippen LogP contribution in [0.4, 0.5) is 4.39 Å². The lowest BCUT2D eigenvalue weighted by atomic mass is 9.88. The molecule has 0 unspecified atom stereocenters. The summed E-state index contributed by atoms with van der Waals surface area (Å²) in [5.74, 6) is 1.44. The molecule has 3 aromatic carbocycles. The number of hydrogen-bond donors (Lipinski definition) is 0. The summed E-state index contributed by atoms with van der Waals surface area (Å²) in [5, 5.41) is 0.828. The maximum atomic E-state index is 13.2. The molecule has 0 spiro atoms. The highest BCUT2D eigenvalue weighted by Crippen LogP contribution is 2.49. The van der Waals surface area contributed by atoms with Gasteiger partial charge in [-0.15, -0.1) is 0 Å². The van der Waals surface area contributed by atoms with Gasteiger partial charge in [0.1, 0.15) is 23.1 Å². The first-order chi connectivity index (χ1) is 19.9. The van der Waals surface area contributed by atoms with Crippen LogP contribution >= 0.6 is 0 Å². The molecule has 0 aliphatic heterocycles. The van der Waals surface area contributed by atoms with Crippen LogP contribution in [-0.2, 0) is 22.4 Å². The molecule has 1 aliphatic rings. The first kappa shape index (κ1) is 26.3. The molecule has 0 N–H and O–H groups in total. The Morgan fingerprint density at radius 3 is 2.05 bits per heavy atom. The van der Waals surface area contributed by atoms with E-state index >= 15 is 0 Å². The number of pyridine rings is 2. The molecule has 0 atom stereocenters. The van der Waals surface area contributed by atoms with E-state index in [1.807, 2.05) is 54.6 Å². The van der Waals surface area contributed by atoms with Crippen molar-refractivity contribution in [2.75, 3.05) is 7.11 Å². The van der Waals surface area contributed by atoms with Gasteiger partial charge in [-0.3, -0.25) is 19.6 Å². The molecule has 0 saturated heterocycles. The van der Waals surface area contributed by atoms with E-state index in [0.717, 1.165) is 27.6 Å². The van der Waals surface area contributed by atoms with E-state index in [-0.39, 0.29) is 30.2 Å². The zero-order valence-corrected chi connectivity index (χ0v) is 22.5. The molecule has 204 valence electrons. The monoisotopic (exact) mass is 546 g/mol. The lowest BCUT2D eigenvalue weighted by Crippen LogP contribution is -2.28. The van der Waals surface area contributed by atoms with E-state index in [0.29, 0.717) is 35.7 Å². The maximum absolute atomic E-state index is 13.2. The number of carbonyl (C=O) groups excluding carboxylic acids is 2. The van der Waals surface area contributed by atoms with Gasteiger partial charge >= 0.3 is 0 Å². The predicted octanol–water partition coefficient (Wildman–Crippen LogP) is 6.94. The van der Waals surface area contributed by atoms with Gasteiger partial charge in [-0.25, -0.2) is 4.39 Å². The fourth-order valence-corrected chi connectivity index (χ4v) is 5.12. The Morgan fingerprint density at radius 2 is 1.44 bits per heavy atom. The standard InChI is InChI=1S/C34H27FN2O4/c1-40-31-21-29-28(20-27(31)24-10-15-36-16-11-24)30(12-17-37-29)41-26-8-4-23(5-9-26)19-33(39)34(13-14-34)32(38)18-22-2-6-25(35)7-3-22/h2-12,15-17,20-21H,13-14,18-19H2,1H3. The largest absolute Gasteiger partial charge is 0.496 e. The van der Waals surface area contributed by atoms with Crippen LogP contribution in [0.25, 0.3) is 22.0 Å². The molecule has 7 heteroatoms. The smallest absolute Gasteiger partial charge is 0.150 e. The summed E-state index contributed by atoms with van der Waals surface area (Å²) in [6.07, 6.45) is 6.59. The minimum absolute atomic E-state index is 0.0732. The summed E-state index contributed by atoms with van der Waals surface area (Å²) in [4.78, 5) is 34.8. The van der Waals surface area contributed by atoms with Crippen LogP contribution in [-0.4, -0.2) is 28.6 Å². The van der Waals surface area contributed by atoms with Crippen molar-refractivity contribution in [3.8, 4) is 28.4 Å². The fraction of sp³-hybridized carbons (Fsp3) is 0.176. The van der Waals surface area contributed by atoms with E-state index < -0.39 is 5.41 Å². The molecular formula is C34H27FN2O4. The Kier molecular flexibility index (Phi) is 7.01. The topological polar surface area (TPSA) is 78.4 Å². The maximum Gasteiger partial charge on any atom is 0.150 e. The summed E-state index contributed by atoms with van der Waals surface area (Å²) < 4.78 is 25.1. The Hall–Kier alpha value is -4.91. The lowest BCUT2D eigenvalue weighted by Gasteiger charge is -2.14. The average Bonchev–Trinajstić information content (AvgIpc) is 3.82. The minimum atomic E-state index is -0.924. The zero-order chi connectivity index (χ0) is 28.4. The second-order valence-electron chi connectivity index (χ2n) is 10.3. The van der Waals surface area contributed by atoms with Gasteiger partial charge in [0, 0.05) is 48.4 Å². The van der Waals surface area contributed by atoms with Crippen molar-refractivity contribution in [3.05, 3.63) is 114 Å². The molecule has 6 nitrogen and oxygen atoms in total. The number of ether oxygens (including phenoxy) is 2. The molecule has 5 aromatic rings. The number of rotatable bonds is 10. The second kappa shape index (κ2) is 10.9. The molecule has 0 bridgehead atoms.